The van der Waals surface area contributed by atoms with Crippen molar-refractivity contribution in [3.05, 3.63) is 0 Å². The first-order valence-electron chi connectivity index (χ1n) is 3.88. The molecule has 72 valence electrons. The minimum atomic E-state index is -0.398. The molecule has 0 radical (unpaired) electrons. The van der Waals surface area contributed by atoms with Crippen molar-refractivity contribution in [2.24, 2.45) is 5.84 Å². The van der Waals surface area contributed by atoms with Gasteiger partial charge in [-0.15, -0.1) is 0 Å². The van der Waals surface area contributed by atoms with E-state index >= 15 is 0 Å². The highest BCUT2D eigenvalue weighted by Crippen LogP contribution is 2.23. The van der Waals surface area contributed by atoms with Gasteiger partial charge < -0.3 is 15.1 Å². The molecule has 0 aromatic carbocycles. The summed E-state index contributed by atoms with van der Waals surface area (Å²) >= 11 is 0. The summed E-state index contributed by atoms with van der Waals surface area (Å²) in [5.74, 6) is 5.48. The Morgan fingerprint density at radius 1 is 1.31 bits per heavy atom. The first-order valence-corrected chi connectivity index (χ1v) is 3.88. The van der Waals surface area contributed by atoms with E-state index in [9.17, 15) is 9.59 Å². The molecule has 2 atom stereocenters. The third-order valence-corrected chi connectivity index (χ3v) is 2.49. The normalized spacial score (nSPS) is 32.7. The van der Waals surface area contributed by atoms with Crippen LogP contribution in [-0.4, -0.2) is 53.3 Å². The van der Waals surface area contributed by atoms with Crippen molar-refractivity contribution in [3.63, 3.8) is 0 Å². The quantitative estimate of drug-likeness (QED) is 0.357. The van der Waals surface area contributed by atoms with E-state index in [1.165, 1.54) is 9.80 Å². The first kappa shape index (κ1) is 8.11. The van der Waals surface area contributed by atoms with Crippen LogP contribution in [0, 0.1) is 0 Å². The second kappa shape index (κ2) is 2.25. The van der Waals surface area contributed by atoms with Gasteiger partial charge >= 0.3 is 12.1 Å². The molecule has 3 N–H and O–H groups in total. The number of hydrazine groups is 1. The van der Waals surface area contributed by atoms with Gasteiger partial charge in [-0.25, -0.2) is 20.4 Å². The molecule has 0 spiro atoms. The molecule has 2 aliphatic rings. The topological polar surface area (TPSA) is 81.9 Å². The number of hydrogen-bond acceptors (Lipinski definition) is 3. The third kappa shape index (κ3) is 0.816. The van der Waals surface area contributed by atoms with Crippen molar-refractivity contribution < 1.29 is 9.59 Å². The Labute approximate surface area is 75.0 Å². The van der Waals surface area contributed by atoms with E-state index < -0.39 is 6.17 Å². The summed E-state index contributed by atoms with van der Waals surface area (Å²) in [5, 5.41) is 3.64. The minimum Gasteiger partial charge on any atom is -0.313 e. The fourth-order valence-electron chi connectivity index (χ4n) is 1.72. The molecule has 2 aliphatic heterocycles. The van der Waals surface area contributed by atoms with Crippen LogP contribution >= 0.6 is 0 Å². The average Bonchev–Trinajstić information content (AvgIpc) is 2.48. The monoisotopic (exact) mass is 185 g/mol. The van der Waals surface area contributed by atoms with Gasteiger partial charge in [0.2, 0.25) is 0 Å². The molecule has 0 unspecified atom stereocenters. The van der Waals surface area contributed by atoms with E-state index in [0.717, 1.165) is 5.01 Å². The van der Waals surface area contributed by atoms with Crippen molar-refractivity contribution in [1.82, 2.24) is 20.1 Å². The van der Waals surface area contributed by atoms with Crippen molar-refractivity contribution in [3.8, 4) is 0 Å². The molecule has 0 aromatic rings. The van der Waals surface area contributed by atoms with Crippen molar-refractivity contribution >= 4 is 12.1 Å². The van der Waals surface area contributed by atoms with Crippen LogP contribution in [0.1, 0.15) is 0 Å². The summed E-state index contributed by atoms with van der Waals surface area (Å²) in [7, 11) is 3.24. The van der Waals surface area contributed by atoms with Crippen LogP contribution in [0.15, 0.2) is 0 Å². The first-order chi connectivity index (χ1) is 6.04. The zero-order valence-electron chi connectivity index (χ0n) is 7.39. The number of fused-ring (bicyclic) bond motifs is 1. The van der Waals surface area contributed by atoms with Gasteiger partial charge in [-0.2, -0.15) is 0 Å². The Hall–Kier alpha value is -1.50. The number of rotatable bonds is 0. The van der Waals surface area contributed by atoms with Gasteiger partial charge in [0.05, 0.1) is 0 Å². The third-order valence-electron chi connectivity index (χ3n) is 2.49. The molecule has 2 heterocycles. The van der Waals surface area contributed by atoms with Crippen LogP contribution in [-0.2, 0) is 0 Å². The summed E-state index contributed by atoms with van der Waals surface area (Å²) in [6.07, 6.45) is -0.736. The fourth-order valence-corrected chi connectivity index (χ4v) is 1.72. The van der Waals surface area contributed by atoms with Gasteiger partial charge in [-0.05, 0) is 0 Å². The van der Waals surface area contributed by atoms with Crippen LogP contribution < -0.4 is 11.2 Å². The molecule has 0 saturated carbocycles. The Balaban J connectivity index is 2.32. The molecular weight excluding hydrogens is 174 g/mol. The molecular formula is C6H11N5O2. The van der Waals surface area contributed by atoms with Crippen LogP contribution in [0.2, 0.25) is 0 Å². The predicted octanol–water partition coefficient (Wildman–Crippen LogP) is -1.47. The van der Waals surface area contributed by atoms with Crippen molar-refractivity contribution in [1.29, 1.82) is 0 Å². The van der Waals surface area contributed by atoms with E-state index in [-0.39, 0.29) is 18.2 Å². The summed E-state index contributed by atoms with van der Waals surface area (Å²) in [6.45, 7) is 0. The molecule has 7 heteroatoms. The molecule has 0 bridgehead atoms. The van der Waals surface area contributed by atoms with Crippen LogP contribution in [0.25, 0.3) is 0 Å². The maximum absolute atomic E-state index is 11.4. The minimum absolute atomic E-state index is 0.148. The molecule has 0 aliphatic carbocycles. The molecule has 7 nitrogen and oxygen atoms in total. The molecule has 2 saturated heterocycles. The lowest BCUT2D eigenvalue weighted by molar-refractivity contribution is 0.146. The number of nitrogens with zero attached hydrogens (tertiary/aromatic N) is 3. The summed E-state index contributed by atoms with van der Waals surface area (Å²) in [5.41, 5.74) is 0. The Bertz CT molecular complexity index is 280. The Morgan fingerprint density at radius 3 is 2.46 bits per heavy atom. The molecule has 2 fully saturated rings. The number of likely N-dealkylation sites (N-methyl/N-ethyl adjacent to an activating group) is 2. The number of amides is 4. The summed E-state index contributed by atoms with van der Waals surface area (Å²) < 4.78 is 0. The standard InChI is InChI=1S/C6H11N5O2/c1-9-3-4(10(2)6(9)13)11(7)5(12)8-3/h3-4H,7H2,1-2H3,(H,8,12)/t3-,4+/m1/s1. The van der Waals surface area contributed by atoms with E-state index in [1.807, 2.05) is 0 Å². The van der Waals surface area contributed by atoms with Crippen LogP contribution in [0.5, 0.6) is 0 Å². The number of nitrogens with two attached hydrogens (primary N) is 1. The zero-order valence-corrected chi connectivity index (χ0v) is 7.39. The number of nitrogens with one attached hydrogen (secondary N) is 1. The van der Waals surface area contributed by atoms with Gasteiger partial charge in [0.25, 0.3) is 0 Å². The molecule has 0 aromatic heterocycles. The van der Waals surface area contributed by atoms with Gasteiger partial charge in [0, 0.05) is 14.1 Å². The maximum Gasteiger partial charge on any atom is 0.335 e. The van der Waals surface area contributed by atoms with Gasteiger partial charge in [0.15, 0.2) is 6.17 Å². The summed E-state index contributed by atoms with van der Waals surface area (Å²) in [4.78, 5) is 25.4. The second-order valence-corrected chi connectivity index (χ2v) is 3.22. The van der Waals surface area contributed by atoms with E-state index in [1.54, 1.807) is 14.1 Å². The smallest absolute Gasteiger partial charge is 0.313 e. The molecule has 4 amide bonds. The van der Waals surface area contributed by atoms with Crippen LogP contribution in [0.3, 0.4) is 0 Å². The second-order valence-electron chi connectivity index (χ2n) is 3.22. The lowest BCUT2D eigenvalue weighted by Crippen LogP contribution is -2.48. The zero-order chi connectivity index (χ0) is 9.75. The van der Waals surface area contributed by atoms with Gasteiger partial charge in [-0.3, -0.25) is 0 Å². The van der Waals surface area contributed by atoms with Gasteiger partial charge in [0.1, 0.15) is 6.17 Å². The van der Waals surface area contributed by atoms with Crippen molar-refractivity contribution in [2.45, 2.75) is 12.3 Å². The number of urea groups is 2. The molecule has 2 rings (SSSR count). The van der Waals surface area contributed by atoms with Crippen molar-refractivity contribution in [2.75, 3.05) is 14.1 Å². The number of carbonyl (C=O) groups is 2. The number of hydrogen-bond donors (Lipinski definition) is 2. The lowest BCUT2D eigenvalue weighted by Gasteiger charge is -2.21. The fraction of sp³-hybridized carbons (Fsp3) is 0.667. The largest absolute Gasteiger partial charge is 0.335 e. The lowest BCUT2D eigenvalue weighted by atomic mass is 10.4. The Morgan fingerprint density at radius 2 is 1.92 bits per heavy atom. The predicted molar refractivity (Wildman–Crippen MR) is 43.1 cm³/mol. The van der Waals surface area contributed by atoms with Gasteiger partial charge in [-0.1, -0.05) is 0 Å². The molecule has 13 heavy (non-hydrogen) atoms. The highest BCUT2D eigenvalue weighted by atomic mass is 16.2. The van der Waals surface area contributed by atoms with E-state index in [2.05, 4.69) is 5.32 Å². The summed E-state index contributed by atoms with van der Waals surface area (Å²) in [6, 6.07) is -0.508. The van der Waals surface area contributed by atoms with Crippen LogP contribution in [0.4, 0.5) is 9.59 Å². The van der Waals surface area contributed by atoms with E-state index in [0.29, 0.717) is 0 Å². The Kier molecular flexibility index (Phi) is 1.41. The maximum atomic E-state index is 11.4. The number of carbonyl (C=O) groups excluding carboxylic acids is 2. The SMILES string of the molecule is CN1C(=O)N(C)[C@@H]2[C@@H]1NC(=O)N2N. The average molecular weight is 185 g/mol. The highest BCUT2D eigenvalue weighted by Gasteiger charge is 2.51. The van der Waals surface area contributed by atoms with E-state index in [4.69, 9.17) is 5.84 Å². The highest BCUT2D eigenvalue weighted by molar-refractivity contribution is 5.84.